The molecule has 0 heterocycles. The van der Waals surface area contributed by atoms with Gasteiger partial charge < -0.3 is 48.4 Å². The third-order valence-corrected chi connectivity index (χ3v) is 5.12. The average Bonchev–Trinajstić information content (AvgIpc) is 2.96. The number of ether oxygens (including phenoxy) is 9. The molecule has 0 aliphatic rings. The van der Waals surface area contributed by atoms with Crippen molar-refractivity contribution in [2.45, 2.75) is 6.61 Å². The van der Waals surface area contributed by atoms with Crippen LogP contribution in [0, 0.1) is 0 Å². The summed E-state index contributed by atoms with van der Waals surface area (Å²) in [6, 6.07) is 17.5. The molecule has 220 valence electrons. The van der Waals surface area contributed by atoms with Crippen LogP contribution in [0.25, 0.3) is 0 Å². The maximum absolute atomic E-state index is 5.81. The van der Waals surface area contributed by atoms with Crippen molar-refractivity contribution in [3.8, 4) is 5.75 Å². The molecule has 0 fully saturated rings. The van der Waals surface area contributed by atoms with Crippen LogP contribution in [-0.4, -0.2) is 106 Å². The molecule has 39 heavy (non-hydrogen) atoms. The molecule has 0 amide bonds. The normalized spacial score (nSPS) is 11.2. The molecule has 0 aliphatic carbocycles. The molecule has 10 nitrogen and oxygen atoms in total. The minimum Gasteiger partial charge on any atom is -0.489 e. The lowest BCUT2D eigenvalue weighted by Crippen LogP contribution is -2.15. The minimum absolute atomic E-state index is 0.443. The molecule has 0 aromatic heterocycles. The van der Waals surface area contributed by atoms with Crippen molar-refractivity contribution in [2.75, 3.05) is 111 Å². The van der Waals surface area contributed by atoms with Crippen molar-refractivity contribution in [1.29, 1.82) is 0 Å². The van der Waals surface area contributed by atoms with E-state index in [4.69, 9.17) is 48.4 Å². The number of benzene rings is 2. The van der Waals surface area contributed by atoms with Crippen LogP contribution in [-0.2, 0) is 44.5 Å². The average molecular weight is 552 g/mol. The van der Waals surface area contributed by atoms with Crippen LogP contribution >= 0.6 is 0 Å². The minimum atomic E-state index is 0.443. The van der Waals surface area contributed by atoms with Crippen LogP contribution in [0.4, 0.5) is 5.69 Å². The Morgan fingerprint density at radius 3 is 1.18 bits per heavy atom. The Balaban J connectivity index is 1.18. The zero-order valence-electron chi connectivity index (χ0n) is 23.0. The molecule has 2 aromatic carbocycles. The Kier molecular flexibility index (Phi) is 20.9. The summed E-state index contributed by atoms with van der Waals surface area (Å²) in [6.45, 7) is 8.86. The zero-order valence-corrected chi connectivity index (χ0v) is 23.0. The van der Waals surface area contributed by atoms with Gasteiger partial charge in [0.05, 0.1) is 111 Å². The van der Waals surface area contributed by atoms with E-state index in [1.165, 1.54) is 0 Å². The Morgan fingerprint density at radius 1 is 0.385 bits per heavy atom. The number of anilines is 1. The van der Waals surface area contributed by atoms with Gasteiger partial charge in [-0.3, -0.25) is 0 Å². The standard InChI is InChI=1S/C29H45NO9/c30-28-8-4-5-9-29(28)39-25-24-37-21-20-35-17-16-33-13-12-31-10-11-32-14-15-34-18-19-36-22-23-38-26-27-6-2-1-3-7-27/h1-9H,10-26,30H2. The second kappa shape index (κ2) is 24.7. The summed E-state index contributed by atoms with van der Waals surface area (Å²) < 4.78 is 49.4. The predicted molar refractivity (Wildman–Crippen MR) is 148 cm³/mol. The highest BCUT2D eigenvalue weighted by molar-refractivity contribution is 5.51. The monoisotopic (exact) mass is 551 g/mol. The Bertz CT molecular complexity index is 797. The smallest absolute Gasteiger partial charge is 0.142 e. The topological polar surface area (TPSA) is 109 Å². The van der Waals surface area contributed by atoms with Crippen LogP contribution in [0.2, 0.25) is 0 Å². The summed E-state index contributed by atoms with van der Waals surface area (Å²) in [4.78, 5) is 0. The zero-order chi connectivity index (χ0) is 27.5. The summed E-state index contributed by atoms with van der Waals surface area (Å²) in [5.41, 5.74) is 7.59. The second-order valence-electron chi connectivity index (χ2n) is 8.21. The van der Waals surface area contributed by atoms with E-state index in [1.54, 1.807) is 6.07 Å². The van der Waals surface area contributed by atoms with Crippen LogP contribution < -0.4 is 10.5 Å². The van der Waals surface area contributed by atoms with E-state index < -0.39 is 0 Å². The first-order valence-corrected chi connectivity index (χ1v) is 13.5. The van der Waals surface area contributed by atoms with E-state index in [2.05, 4.69) is 0 Å². The first-order chi connectivity index (χ1) is 19.4. The van der Waals surface area contributed by atoms with Gasteiger partial charge in [-0.15, -0.1) is 0 Å². The number of para-hydroxylation sites is 2. The molecular formula is C29H45NO9. The van der Waals surface area contributed by atoms with E-state index in [-0.39, 0.29) is 0 Å². The maximum atomic E-state index is 5.81. The van der Waals surface area contributed by atoms with Crippen LogP contribution in [0.1, 0.15) is 5.56 Å². The molecule has 2 N–H and O–H groups in total. The summed E-state index contributed by atoms with van der Waals surface area (Å²) in [7, 11) is 0. The lowest BCUT2D eigenvalue weighted by atomic mass is 10.2. The molecular weight excluding hydrogens is 506 g/mol. The van der Waals surface area contributed by atoms with Gasteiger partial charge in [-0.25, -0.2) is 0 Å². The summed E-state index contributed by atoms with van der Waals surface area (Å²) in [5.74, 6) is 0.672. The van der Waals surface area contributed by atoms with Gasteiger partial charge in [0.25, 0.3) is 0 Å². The van der Waals surface area contributed by atoms with Crippen LogP contribution in [0.3, 0.4) is 0 Å². The van der Waals surface area contributed by atoms with Gasteiger partial charge in [-0.1, -0.05) is 42.5 Å². The summed E-state index contributed by atoms with van der Waals surface area (Å²) in [6.07, 6.45) is 0. The van der Waals surface area contributed by atoms with E-state index in [0.717, 1.165) is 5.56 Å². The maximum Gasteiger partial charge on any atom is 0.142 e. The summed E-state index contributed by atoms with van der Waals surface area (Å²) in [5, 5.41) is 0. The highest BCUT2D eigenvalue weighted by Gasteiger charge is 1.99. The van der Waals surface area contributed by atoms with Gasteiger partial charge in [-0.05, 0) is 17.7 Å². The van der Waals surface area contributed by atoms with E-state index in [1.807, 2.05) is 48.5 Å². The van der Waals surface area contributed by atoms with Gasteiger partial charge in [0, 0.05) is 0 Å². The van der Waals surface area contributed by atoms with E-state index in [0.29, 0.717) is 124 Å². The highest BCUT2D eigenvalue weighted by Crippen LogP contribution is 2.19. The Hall–Kier alpha value is -2.28. The lowest BCUT2D eigenvalue weighted by molar-refractivity contribution is -0.0240. The van der Waals surface area contributed by atoms with Gasteiger partial charge >= 0.3 is 0 Å². The molecule has 0 saturated carbocycles. The first kappa shape index (κ1) is 32.9. The van der Waals surface area contributed by atoms with Gasteiger partial charge in [0.1, 0.15) is 12.4 Å². The second-order valence-corrected chi connectivity index (χ2v) is 8.21. The number of nitrogen functional groups attached to an aromatic ring is 1. The van der Waals surface area contributed by atoms with Crippen molar-refractivity contribution < 1.29 is 42.6 Å². The predicted octanol–water partition coefficient (Wildman–Crippen LogP) is 2.98. The lowest BCUT2D eigenvalue weighted by Gasteiger charge is -2.09. The Morgan fingerprint density at radius 2 is 0.744 bits per heavy atom. The molecule has 0 spiro atoms. The Labute approximate surface area is 232 Å². The van der Waals surface area contributed by atoms with Crippen LogP contribution in [0.5, 0.6) is 5.75 Å². The summed E-state index contributed by atoms with van der Waals surface area (Å²) >= 11 is 0. The SMILES string of the molecule is Nc1ccccc1OCCOCCOCCOCCOCCOCCOCCOCCOCc1ccccc1. The van der Waals surface area contributed by atoms with Gasteiger partial charge in [-0.2, -0.15) is 0 Å². The molecule has 0 bridgehead atoms. The molecule has 2 aromatic rings. The molecule has 0 unspecified atom stereocenters. The fourth-order valence-corrected chi connectivity index (χ4v) is 3.13. The third kappa shape index (κ3) is 19.4. The number of hydrogen-bond donors (Lipinski definition) is 1. The third-order valence-electron chi connectivity index (χ3n) is 5.12. The number of nitrogens with two attached hydrogens (primary N) is 1. The molecule has 0 atom stereocenters. The molecule has 0 aliphatic heterocycles. The van der Waals surface area contributed by atoms with E-state index >= 15 is 0 Å². The van der Waals surface area contributed by atoms with Gasteiger partial charge in [0.15, 0.2) is 0 Å². The van der Waals surface area contributed by atoms with E-state index in [9.17, 15) is 0 Å². The molecule has 10 heteroatoms. The molecule has 2 rings (SSSR count). The van der Waals surface area contributed by atoms with Crippen molar-refractivity contribution in [3.63, 3.8) is 0 Å². The largest absolute Gasteiger partial charge is 0.489 e. The molecule has 0 saturated heterocycles. The van der Waals surface area contributed by atoms with Gasteiger partial charge in [0.2, 0.25) is 0 Å². The van der Waals surface area contributed by atoms with Crippen molar-refractivity contribution in [2.24, 2.45) is 0 Å². The van der Waals surface area contributed by atoms with Crippen molar-refractivity contribution in [3.05, 3.63) is 60.2 Å². The first-order valence-electron chi connectivity index (χ1n) is 13.5. The molecule has 0 radical (unpaired) electrons. The fourth-order valence-electron chi connectivity index (χ4n) is 3.13. The quantitative estimate of drug-likeness (QED) is 0.131. The van der Waals surface area contributed by atoms with Crippen molar-refractivity contribution >= 4 is 5.69 Å². The number of hydrogen-bond acceptors (Lipinski definition) is 10. The van der Waals surface area contributed by atoms with Crippen molar-refractivity contribution in [1.82, 2.24) is 0 Å². The highest BCUT2D eigenvalue weighted by atomic mass is 16.6. The van der Waals surface area contributed by atoms with Crippen LogP contribution in [0.15, 0.2) is 54.6 Å². The fraction of sp³-hybridized carbons (Fsp3) is 0.586. The number of rotatable bonds is 27.